The summed E-state index contributed by atoms with van der Waals surface area (Å²) in [5.41, 5.74) is 9.10. The lowest BCUT2D eigenvalue weighted by Crippen LogP contribution is -2.43. The maximum Gasteiger partial charge on any atom is 0.221 e. The van der Waals surface area contributed by atoms with Gasteiger partial charge in [-0.05, 0) is 30.5 Å². The third-order valence-electron chi connectivity index (χ3n) is 4.99. The first-order valence-electron chi connectivity index (χ1n) is 9.34. The normalized spacial score (nSPS) is 20.3. The van der Waals surface area contributed by atoms with Crippen LogP contribution < -0.4 is 21.3 Å². The van der Waals surface area contributed by atoms with Crippen LogP contribution in [0.15, 0.2) is 30.5 Å². The minimum Gasteiger partial charge on any atom is -0.376 e. The van der Waals surface area contributed by atoms with E-state index in [4.69, 9.17) is 10.5 Å². The molecule has 0 bridgehead atoms. The predicted molar refractivity (Wildman–Crippen MR) is 104 cm³/mol. The summed E-state index contributed by atoms with van der Waals surface area (Å²) in [6, 6.07) is 8.59. The molecule has 26 heavy (non-hydrogen) atoms. The quantitative estimate of drug-likeness (QED) is 0.753. The average molecular weight is 354 g/mol. The Morgan fingerprint density at radius 3 is 2.77 bits per heavy atom. The molecule has 2 aromatic rings. The van der Waals surface area contributed by atoms with E-state index < -0.39 is 0 Å². The van der Waals surface area contributed by atoms with Gasteiger partial charge in [-0.3, -0.25) is 0 Å². The SMILES string of the molecule is Nc1ncc(-c2ccc(N3CCNCC3)cc2)c(NCC2CCCO2)n1. The van der Waals surface area contributed by atoms with Gasteiger partial charge >= 0.3 is 0 Å². The molecule has 1 aromatic heterocycles. The second kappa shape index (κ2) is 7.88. The van der Waals surface area contributed by atoms with Crippen molar-refractivity contribution in [2.24, 2.45) is 0 Å². The highest BCUT2D eigenvalue weighted by Gasteiger charge is 2.17. The van der Waals surface area contributed by atoms with E-state index in [0.29, 0.717) is 0 Å². The van der Waals surface area contributed by atoms with E-state index in [1.807, 2.05) is 0 Å². The Hall–Kier alpha value is -2.38. The standard InChI is InChI=1S/C19H26N6O/c20-19-23-13-17(18(24-19)22-12-16-2-1-11-26-16)14-3-5-15(6-4-14)25-9-7-21-8-10-25/h3-6,13,16,21H,1-2,7-12H2,(H3,20,22,23,24). The molecule has 7 heteroatoms. The fourth-order valence-corrected chi connectivity index (χ4v) is 3.53. The lowest BCUT2D eigenvalue weighted by Gasteiger charge is -2.29. The lowest BCUT2D eigenvalue weighted by atomic mass is 10.1. The molecule has 1 atom stereocenters. The van der Waals surface area contributed by atoms with Gasteiger partial charge in [0, 0.05) is 56.8 Å². The number of aromatic nitrogens is 2. The van der Waals surface area contributed by atoms with Crippen LogP contribution in [0.4, 0.5) is 17.5 Å². The molecule has 2 fully saturated rings. The molecule has 4 N–H and O–H groups in total. The van der Waals surface area contributed by atoms with E-state index in [9.17, 15) is 0 Å². The van der Waals surface area contributed by atoms with Gasteiger partial charge in [-0.2, -0.15) is 4.98 Å². The van der Waals surface area contributed by atoms with Gasteiger partial charge in [0.15, 0.2) is 0 Å². The average Bonchev–Trinajstić information content (AvgIpc) is 3.21. The van der Waals surface area contributed by atoms with Crippen LogP contribution in [0.2, 0.25) is 0 Å². The summed E-state index contributed by atoms with van der Waals surface area (Å²) in [6.07, 6.45) is 4.25. The third-order valence-corrected chi connectivity index (χ3v) is 4.99. The first kappa shape index (κ1) is 17.1. The van der Waals surface area contributed by atoms with Gasteiger partial charge in [0.05, 0.1) is 6.10 Å². The lowest BCUT2D eigenvalue weighted by molar-refractivity contribution is 0.120. The van der Waals surface area contributed by atoms with Crippen molar-refractivity contribution in [1.29, 1.82) is 0 Å². The van der Waals surface area contributed by atoms with Gasteiger partial charge in [-0.25, -0.2) is 4.98 Å². The van der Waals surface area contributed by atoms with Crippen LogP contribution in [0.3, 0.4) is 0 Å². The molecule has 2 aliphatic rings. The highest BCUT2D eigenvalue weighted by atomic mass is 16.5. The highest BCUT2D eigenvalue weighted by Crippen LogP contribution is 2.29. The Balaban J connectivity index is 1.52. The first-order valence-corrected chi connectivity index (χ1v) is 9.34. The number of hydrogen-bond acceptors (Lipinski definition) is 7. The van der Waals surface area contributed by atoms with Gasteiger partial charge in [-0.15, -0.1) is 0 Å². The van der Waals surface area contributed by atoms with Crippen molar-refractivity contribution >= 4 is 17.5 Å². The van der Waals surface area contributed by atoms with Gasteiger partial charge < -0.3 is 26.0 Å². The van der Waals surface area contributed by atoms with Crippen molar-refractivity contribution in [3.05, 3.63) is 30.5 Å². The van der Waals surface area contributed by atoms with E-state index in [2.05, 4.69) is 49.8 Å². The number of nitrogens with zero attached hydrogens (tertiary/aromatic N) is 3. The Labute approximate surface area is 154 Å². The molecule has 0 spiro atoms. The minimum absolute atomic E-state index is 0.245. The molecular weight excluding hydrogens is 328 g/mol. The van der Waals surface area contributed by atoms with E-state index in [1.54, 1.807) is 6.20 Å². The van der Waals surface area contributed by atoms with E-state index in [0.717, 1.165) is 69.1 Å². The summed E-state index contributed by atoms with van der Waals surface area (Å²) in [5.74, 6) is 1.05. The predicted octanol–water partition coefficient (Wildman–Crippen LogP) is 1.73. The van der Waals surface area contributed by atoms with Crippen molar-refractivity contribution in [2.75, 3.05) is 55.3 Å². The summed E-state index contributed by atoms with van der Waals surface area (Å²) < 4.78 is 5.69. The molecule has 138 valence electrons. The molecule has 2 aliphatic heterocycles. The number of nitrogens with two attached hydrogens (primary N) is 1. The summed E-state index contributed by atoms with van der Waals surface area (Å²) in [5, 5.41) is 6.78. The van der Waals surface area contributed by atoms with Crippen LogP contribution >= 0.6 is 0 Å². The minimum atomic E-state index is 0.245. The largest absolute Gasteiger partial charge is 0.376 e. The third kappa shape index (κ3) is 3.89. The van der Waals surface area contributed by atoms with E-state index in [-0.39, 0.29) is 12.1 Å². The molecule has 3 heterocycles. The first-order chi connectivity index (χ1) is 12.8. The monoisotopic (exact) mass is 354 g/mol. The zero-order chi connectivity index (χ0) is 17.8. The van der Waals surface area contributed by atoms with Crippen molar-refractivity contribution < 1.29 is 4.74 Å². The fourth-order valence-electron chi connectivity index (χ4n) is 3.53. The maximum atomic E-state index is 5.80. The second-order valence-corrected chi connectivity index (χ2v) is 6.79. The fraction of sp³-hybridized carbons (Fsp3) is 0.474. The van der Waals surface area contributed by atoms with E-state index >= 15 is 0 Å². The number of rotatable bonds is 5. The van der Waals surface area contributed by atoms with Gasteiger partial charge in [0.1, 0.15) is 5.82 Å². The second-order valence-electron chi connectivity index (χ2n) is 6.79. The maximum absolute atomic E-state index is 5.80. The zero-order valence-corrected chi connectivity index (χ0v) is 14.9. The molecule has 0 radical (unpaired) electrons. The Bertz CT molecular complexity index is 723. The molecule has 0 saturated carbocycles. The Morgan fingerprint density at radius 1 is 1.23 bits per heavy atom. The zero-order valence-electron chi connectivity index (χ0n) is 14.9. The van der Waals surface area contributed by atoms with Crippen LogP contribution in [-0.4, -0.2) is 55.4 Å². The molecule has 0 amide bonds. The molecule has 7 nitrogen and oxygen atoms in total. The molecule has 1 unspecified atom stereocenters. The summed E-state index contributed by atoms with van der Waals surface area (Å²) >= 11 is 0. The van der Waals surface area contributed by atoms with Crippen LogP contribution in [0, 0.1) is 0 Å². The van der Waals surface area contributed by atoms with Crippen LogP contribution in [0.5, 0.6) is 0 Å². The summed E-state index contributed by atoms with van der Waals surface area (Å²) in [6.45, 7) is 5.73. The molecule has 1 aromatic carbocycles. The molecule has 4 rings (SSSR count). The summed E-state index contributed by atoms with van der Waals surface area (Å²) in [7, 11) is 0. The number of benzene rings is 1. The van der Waals surface area contributed by atoms with Crippen molar-refractivity contribution in [3.8, 4) is 11.1 Å². The Kier molecular flexibility index (Phi) is 5.17. The smallest absolute Gasteiger partial charge is 0.221 e. The number of piperazine rings is 1. The van der Waals surface area contributed by atoms with Gasteiger partial charge in [0.25, 0.3) is 0 Å². The van der Waals surface area contributed by atoms with Gasteiger partial charge in [0.2, 0.25) is 5.95 Å². The van der Waals surface area contributed by atoms with Crippen molar-refractivity contribution in [1.82, 2.24) is 15.3 Å². The number of nitrogen functional groups attached to an aromatic ring is 1. The number of anilines is 3. The Morgan fingerprint density at radius 2 is 2.04 bits per heavy atom. The van der Waals surface area contributed by atoms with Crippen molar-refractivity contribution in [3.63, 3.8) is 0 Å². The topological polar surface area (TPSA) is 88.3 Å². The molecular formula is C19H26N6O. The van der Waals surface area contributed by atoms with Crippen LogP contribution in [0.25, 0.3) is 11.1 Å². The van der Waals surface area contributed by atoms with Crippen LogP contribution in [0.1, 0.15) is 12.8 Å². The van der Waals surface area contributed by atoms with E-state index in [1.165, 1.54) is 5.69 Å². The van der Waals surface area contributed by atoms with Crippen LogP contribution in [-0.2, 0) is 4.74 Å². The highest BCUT2D eigenvalue weighted by molar-refractivity contribution is 5.76. The summed E-state index contributed by atoms with van der Waals surface area (Å²) in [4.78, 5) is 11.0. The molecule has 2 saturated heterocycles. The number of nitrogens with one attached hydrogen (secondary N) is 2. The number of ether oxygens (including phenoxy) is 1. The van der Waals surface area contributed by atoms with Gasteiger partial charge in [-0.1, -0.05) is 12.1 Å². The van der Waals surface area contributed by atoms with Crippen molar-refractivity contribution in [2.45, 2.75) is 18.9 Å². The molecule has 0 aliphatic carbocycles. The number of hydrogen-bond donors (Lipinski definition) is 3.